The molecule has 0 aliphatic carbocycles. The predicted octanol–water partition coefficient (Wildman–Crippen LogP) is 3.49. The molecule has 0 aliphatic rings. The Hall–Kier alpha value is -1.57. The molecular weight excluding hydrogens is 205 g/mol. The van der Waals surface area contributed by atoms with Gasteiger partial charge in [-0.3, -0.25) is 4.98 Å². The fourth-order valence-corrected chi connectivity index (χ4v) is 2.23. The third-order valence-electron chi connectivity index (χ3n) is 3.32. The lowest BCUT2D eigenvalue weighted by molar-refractivity contribution is 1.30. The highest BCUT2D eigenvalue weighted by atomic mass is 14.6. The number of hydrogen-bond donors (Lipinski definition) is 0. The van der Waals surface area contributed by atoms with Gasteiger partial charge in [-0.05, 0) is 11.1 Å². The highest BCUT2D eigenvalue weighted by Gasteiger charge is 2.12. The summed E-state index contributed by atoms with van der Waals surface area (Å²) in [5.41, 5.74) is 3.82. The molecule has 17 heavy (non-hydrogen) atoms. The minimum absolute atomic E-state index is 0.631. The van der Waals surface area contributed by atoms with E-state index in [-0.39, 0.29) is 0 Å². The first-order valence-electron chi connectivity index (χ1n) is 6.35. The first-order valence-corrected chi connectivity index (χ1v) is 6.35. The molecule has 0 aliphatic heterocycles. The quantitative estimate of drug-likeness (QED) is 0.723. The molecule has 1 nitrogen and oxygen atoms in total. The van der Waals surface area contributed by atoms with Crippen molar-refractivity contribution in [3.8, 4) is 11.1 Å². The van der Waals surface area contributed by atoms with E-state index >= 15 is 0 Å². The largest absolute Gasteiger partial charge is 0.265 e. The molecule has 0 unspecified atom stereocenters. The van der Waals surface area contributed by atoms with Gasteiger partial charge in [0.2, 0.25) is 0 Å². The van der Waals surface area contributed by atoms with Gasteiger partial charge in [-0.2, -0.15) is 0 Å². The van der Waals surface area contributed by atoms with Crippen molar-refractivity contribution in [2.24, 2.45) is 0 Å². The Kier molecular flexibility index (Phi) is 3.97. The lowest BCUT2D eigenvalue weighted by Crippen LogP contribution is -2.28. The van der Waals surface area contributed by atoms with Crippen LogP contribution in [0, 0.1) is 0 Å². The standard InChI is InChI=1S/C15H18BN/c1-3-16(4-2)15-10-14(11-17-12-15)13-8-6-5-7-9-13/h5-12H,3-4H2,1-2H3. The summed E-state index contributed by atoms with van der Waals surface area (Å²) in [5, 5.41) is 0. The Morgan fingerprint density at radius 1 is 0.941 bits per heavy atom. The van der Waals surface area contributed by atoms with Gasteiger partial charge in [0.1, 0.15) is 0 Å². The third kappa shape index (κ3) is 2.76. The summed E-state index contributed by atoms with van der Waals surface area (Å²) in [4.78, 5) is 4.38. The van der Waals surface area contributed by atoms with E-state index in [0.717, 1.165) is 0 Å². The molecule has 0 radical (unpaired) electrons. The number of benzene rings is 1. The molecule has 1 heterocycles. The van der Waals surface area contributed by atoms with Crippen LogP contribution in [0.2, 0.25) is 12.6 Å². The third-order valence-corrected chi connectivity index (χ3v) is 3.32. The van der Waals surface area contributed by atoms with Crippen molar-refractivity contribution in [2.75, 3.05) is 0 Å². The monoisotopic (exact) mass is 223 g/mol. The lowest BCUT2D eigenvalue weighted by Gasteiger charge is -2.10. The first kappa shape index (κ1) is 11.9. The summed E-state index contributed by atoms with van der Waals surface area (Å²) < 4.78 is 0. The summed E-state index contributed by atoms with van der Waals surface area (Å²) in [7, 11) is 0. The molecule has 0 N–H and O–H groups in total. The van der Waals surface area contributed by atoms with E-state index in [4.69, 9.17) is 0 Å². The maximum Gasteiger partial charge on any atom is 0.177 e. The normalized spacial score (nSPS) is 10.2. The number of nitrogens with zero attached hydrogens (tertiary/aromatic N) is 1. The van der Waals surface area contributed by atoms with Crippen LogP contribution in [0.4, 0.5) is 0 Å². The van der Waals surface area contributed by atoms with Crippen LogP contribution in [0.1, 0.15) is 13.8 Å². The summed E-state index contributed by atoms with van der Waals surface area (Å²) >= 11 is 0. The van der Waals surface area contributed by atoms with Gasteiger partial charge < -0.3 is 0 Å². The molecule has 1 aromatic carbocycles. The number of aromatic nitrogens is 1. The van der Waals surface area contributed by atoms with Crippen molar-refractivity contribution in [3.63, 3.8) is 0 Å². The average Bonchev–Trinajstić information content (AvgIpc) is 2.42. The summed E-state index contributed by atoms with van der Waals surface area (Å²) in [6, 6.07) is 12.7. The maximum atomic E-state index is 4.38. The van der Waals surface area contributed by atoms with E-state index in [9.17, 15) is 0 Å². The zero-order valence-corrected chi connectivity index (χ0v) is 10.6. The van der Waals surface area contributed by atoms with Crippen LogP contribution in [-0.4, -0.2) is 11.7 Å². The van der Waals surface area contributed by atoms with Gasteiger partial charge in [0.25, 0.3) is 0 Å². The molecule has 2 heteroatoms. The van der Waals surface area contributed by atoms with Crippen molar-refractivity contribution in [3.05, 3.63) is 48.8 Å². The van der Waals surface area contributed by atoms with E-state index in [1.165, 1.54) is 29.2 Å². The van der Waals surface area contributed by atoms with Crippen LogP contribution < -0.4 is 5.46 Å². The van der Waals surface area contributed by atoms with Crippen molar-refractivity contribution < 1.29 is 0 Å². The Labute approximate surface area is 104 Å². The van der Waals surface area contributed by atoms with Crippen molar-refractivity contribution in [1.82, 2.24) is 4.98 Å². The molecule has 0 saturated heterocycles. The van der Waals surface area contributed by atoms with Crippen LogP contribution in [0.5, 0.6) is 0 Å². The second kappa shape index (κ2) is 5.67. The van der Waals surface area contributed by atoms with Gasteiger partial charge >= 0.3 is 0 Å². The second-order valence-electron chi connectivity index (χ2n) is 4.39. The van der Waals surface area contributed by atoms with Gasteiger partial charge in [-0.1, -0.05) is 68.3 Å². The van der Waals surface area contributed by atoms with Crippen molar-refractivity contribution in [2.45, 2.75) is 26.5 Å². The van der Waals surface area contributed by atoms with E-state index in [2.05, 4.69) is 49.2 Å². The summed E-state index contributed by atoms with van der Waals surface area (Å²) in [5.74, 6) is 0. The molecule has 86 valence electrons. The number of pyridine rings is 1. The molecule has 2 aromatic rings. The smallest absolute Gasteiger partial charge is 0.177 e. The summed E-state index contributed by atoms with van der Waals surface area (Å²) in [6.07, 6.45) is 6.30. The van der Waals surface area contributed by atoms with E-state index in [1.807, 2.05) is 18.5 Å². The van der Waals surface area contributed by atoms with Gasteiger partial charge in [0.05, 0.1) is 0 Å². The fourth-order valence-electron chi connectivity index (χ4n) is 2.23. The topological polar surface area (TPSA) is 12.9 Å². The molecule has 0 bridgehead atoms. The van der Waals surface area contributed by atoms with Crippen LogP contribution in [0.3, 0.4) is 0 Å². The zero-order chi connectivity index (χ0) is 12.1. The van der Waals surface area contributed by atoms with Crippen LogP contribution in [-0.2, 0) is 0 Å². The molecule has 2 rings (SSSR count). The molecule has 1 aromatic heterocycles. The average molecular weight is 223 g/mol. The van der Waals surface area contributed by atoms with E-state index in [1.54, 1.807) is 0 Å². The molecule has 0 amide bonds. The lowest BCUT2D eigenvalue weighted by atomic mass is 9.41. The van der Waals surface area contributed by atoms with Gasteiger partial charge in [-0.25, -0.2) is 0 Å². The van der Waals surface area contributed by atoms with Gasteiger partial charge in [0.15, 0.2) is 6.71 Å². The Morgan fingerprint density at radius 3 is 2.29 bits per heavy atom. The zero-order valence-electron chi connectivity index (χ0n) is 10.6. The Bertz CT molecular complexity index is 463. The van der Waals surface area contributed by atoms with Gasteiger partial charge in [-0.15, -0.1) is 0 Å². The Balaban J connectivity index is 2.35. The molecule has 0 saturated carbocycles. The minimum atomic E-state index is 0.631. The van der Waals surface area contributed by atoms with E-state index < -0.39 is 0 Å². The highest BCUT2D eigenvalue weighted by molar-refractivity contribution is 6.73. The minimum Gasteiger partial charge on any atom is -0.265 e. The van der Waals surface area contributed by atoms with Gasteiger partial charge in [0, 0.05) is 12.4 Å². The van der Waals surface area contributed by atoms with Crippen LogP contribution in [0.25, 0.3) is 11.1 Å². The molecular formula is C15H18BN. The molecule has 0 fully saturated rings. The number of hydrogen-bond acceptors (Lipinski definition) is 1. The van der Waals surface area contributed by atoms with Crippen molar-refractivity contribution in [1.29, 1.82) is 0 Å². The fraction of sp³-hybridized carbons (Fsp3) is 0.267. The van der Waals surface area contributed by atoms with Crippen LogP contribution >= 0.6 is 0 Å². The van der Waals surface area contributed by atoms with Crippen LogP contribution in [0.15, 0.2) is 48.8 Å². The Morgan fingerprint density at radius 2 is 1.65 bits per heavy atom. The highest BCUT2D eigenvalue weighted by Crippen LogP contribution is 2.16. The number of rotatable bonds is 4. The van der Waals surface area contributed by atoms with Crippen molar-refractivity contribution >= 4 is 12.2 Å². The maximum absolute atomic E-state index is 4.38. The first-order chi connectivity index (χ1) is 8.35. The summed E-state index contributed by atoms with van der Waals surface area (Å²) in [6.45, 7) is 5.11. The predicted molar refractivity (Wildman–Crippen MR) is 76.0 cm³/mol. The second-order valence-corrected chi connectivity index (χ2v) is 4.39. The SMILES string of the molecule is CCB(CC)c1cncc(-c2ccccc2)c1. The molecule has 0 atom stereocenters. The van der Waals surface area contributed by atoms with E-state index in [0.29, 0.717) is 6.71 Å². The molecule has 0 spiro atoms.